The van der Waals surface area contributed by atoms with Crippen LogP contribution in [-0.2, 0) is 6.54 Å². The van der Waals surface area contributed by atoms with Gasteiger partial charge in [-0.25, -0.2) is 9.50 Å². The van der Waals surface area contributed by atoms with E-state index in [1.54, 1.807) is 13.3 Å². The van der Waals surface area contributed by atoms with Crippen molar-refractivity contribution in [2.24, 2.45) is 5.73 Å². The third-order valence-corrected chi connectivity index (χ3v) is 5.12. The van der Waals surface area contributed by atoms with Crippen LogP contribution >= 0.6 is 0 Å². The molecule has 1 aliphatic rings. The summed E-state index contributed by atoms with van der Waals surface area (Å²) >= 11 is 0. The molecule has 2 aromatic heterocycles. The van der Waals surface area contributed by atoms with Crippen LogP contribution in [0.5, 0.6) is 5.75 Å². The quantitative estimate of drug-likeness (QED) is 0.621. The largest absolute Gasteiger partial charge is 0.497 e. The second kappa shape index (κ2) is 7.84. The number of hydrogen-bond donors (Lipinski definition) is 3. The molecule has 1 fully saturated rings. The van der Waals surface area contributed by atoms with Gasteiger partial charge < -0.3 is 21.1 Å². The number of hydrogen-bond acceptors (Lipinski definition) is 6. The van der Waals surface area contributed by atoms with Crippen LogP contribution < -0.4 is 21.1 Å². The second-order valence-corrected chi connectivity index (χ2v) is 7.10. The fourth-order valence-electron chi connectivity index (χ4n) is 3.53. The lowest BCUT2D eigenvalue weighted by Crippen LogP contribution is -2.33. The molecule has 7 heteroatoms. The molecule has 0 aliphatic heterocycles. The van der Waals surface area contributed by atoms with E-state index in [4.69, 9.17) is 10.5 Å². The molecule has 27 heavy (non-hydrogen) atoms. The monoisotopic (exact) mass is 366 g/mol. The van der Waals surface area contributed by atoms with Gasteiger partial charge in [0, 0.05) is 37.1 Å². The minimum absolute atomic E-state index is 0.342. The number of fused-ring (bicyclic) bond motifs is 1. The zero-order valence-electron chi connectivity index (χ0n) is 15.6. The van der Waals surface area contributed by atoms with Gasteiger partial charge in [-0.15, -0.1) is 5.10 Å². The predicted octanol–water partition coefficient (Wildman–Crippen LogP) is 3.03. The Kier molecular flexibility index (Phi) is 5.11. The summed E-state index contributed by atoms with van der Waals surface area (Å²) in [6, 6.07) is 10.9. The number of nitrogens with one attached hydrogen (secondary N) is 2. The van der Waals surface area contributed by atoms with Gasteiger partial charge in [-0.2, -0.15) is 0 Å². The Bertz CT molecular complexity index is 883. The van der Waals surface area contributed by atoms with Crippen molar-refractivity contribution in [3.05, 3.63) is 48.3 Å². The lowest BCUT2D eigenvalue weighted by atomic mass is 9.92. The van der Waals surface area contributed by atoms with Crippen LogP contribution in [0.2, 0.25) is 0 Å². The van der Waals surface area contributed by atoms with Gasteiger partial charge >= 0.3 is 0 Å². The highest BCUT2D eigenvalue weighted by molar-refractivity contribution is 5.70. The van der Waals surface area contributed by atoms with Gasteiger partial charge in [-0.1, -0.05) is 12.1 Å². The molecule has 1 aromatic carbocycles. The summed E-state index contributed by atoms with van der Waals surface area (Å²) in [5.41, 5.74) is 8.97. The number of aromatic nitrogens is 3. The second-order valence-electron chi connectivity index (χ2n) is 7.10. The number of nitrogens with two attached hydrogens (primary N) is 1. The van der Waals surface area contributed by atoms with E-state index < -0.39 is 0 Å². The minimum atomic E-state index is 0.342. The van der Waals surface area contributed by atoms with Crippen molar-refractivity contribution in [1.29, 1.82) is 0 Å². The smallest absolute Gasteiger partial charge is 0.177 e. The molecule has 0 radical (unpaired) electrons. The Labute approximate surface area is 158 Å². The zero-order chi connectivity index (χ0) is 18.6. The Hall–Kier alpha value is -2.80. The summed E-state index contributed by atoms with van der Waals surface area (Å²) in [5, 5.41) is 11.7. The maximum atomic E-state index is 6.01. The molecule has 142 valence electrons. The minimum Gasteiger partial charge on any atom is -0.497 e. The standard InChI is InChI=1S/C20H26N6O/c1-27-17-8-2-14(3-9-17)13-23-18-12-19(25-26-11-10-22-20(18)26)24-16-6-4-15(21)5-7-16/h2-3,8-12,15-16,23H,4-7,13,21H2,1H3,(H,24,25). The first-order valence-electron chi connectivity index (χ1n) is 9.44. The van der Waals surface area contributed by atoms with Gasteiger partial charge in [0.1, 0.15) is 11.6 Å². The number of imidazole rings is 1. The van der Waals surface area contributed by atoms with Crippen LogP contribution in [0.25, 0.3) is 5.65 Å². The molecule has 1 aliphatic carbocycles. The molecule has 1 saturated carbocycles. The molecular weight excluding hydrogens is 340 g/mol. The van der Waals surface area contributed by atoms with Gasteiger partial charge in [0.25, 0.3) is 0 Å². The van der Waals surface area contributed by atoms with Gasteiger partial charge in [-0.3, -0.25) is 0 Å². The fourth-order valence-corrected chi connectivity index (χ4v) is 3.53. The molecule has 0 unspecified atom stereocenters. The number of rotatable bonds is 6. The highest BCUT2D eigenvalue weighted by Gasteiger charge is 2.19. The van der Waals surface area contributed by atoms with E-state index in [1.165, 1.54) is 5.56 Å². The van der Waals surface area contributed by atoms with Crippen molar-refractivity contribution in [1.82, 2.24) is 14.6 Å². The average Bonchev–Trinajstić information content (AvgIpc) is 3.17. The number of anilines is 2. The molecule has 3 aromatic rings. The van der Waals surface area contributed by atoms with E-state index in [9.17, 15) is 0 Å². The van der Waals surface area contributed by atoms with E-state index in [2.05, 4.69) is 32.8 Å². The maximum Gasteiger partial charge on any atom is 0.177 e. The SMILES string of the molecule is COc1ccc(CNc2cc(NC3CCC(N)CC3)nn3ccnc23)cc1. The molecule has 0 spiro atoms. The lowest BCUT2D eigenvalue weighted by molar-refractivity contribution is 0.410. The van der Waals surface area contributed by atoms with Gasteiger partial charge in [0.05, 0.1) is 12.8 Å². The average molecular weight is 366 g/mol. The van der Waals surface area contributed by atoms with Crippen LogP contribution in [0, 0.1) is 0 Å². The number of nitrogens with zero attached hydrogens (tertiary/aromatic N) is 3. The first-order chi connectivity index (χ1) is 13.2. The lowest BCUT2D eigenvalue weighted by Gasteiger charge is -2.27. The number of methoxy groups -OCH3 is 1. The van der Waals surface area contributed by atoms with E-state index in [0.717, 1.165) is 48.6 Å². The van der Waals surface area contributed by atoms with E-state index in [-0.39, 0.29) is 0 Å². The third-order valence-electron chi connectivity index (χ3n) is 5.12. The molecule has 4 N–H and O–H groups in total. The first kappa shape index (κ1) is 17.6. The summed E-state index contributed by atoms with van der Waals surface area (Å²) in [6.07, 6.45) is 7.93. The van der Waals surface area contributed by atoms with E-state index in [1.807, 2.05) is 28.9 Å². The Morgan fingerprint density at radius 1 is 1.19 bits per heavy atom. The number of benzene rings is 1. The van der Waals surface area contributed by atoms with Crippen LogP contribution in [0.15, 0.2) is 42.7 Å². The zero-order valence-corrected chi connectivity index (χ0v) is 15.6. The predicted molar refractivity (Wildman–Crippen MR) is 107 cm³/mol. The summed E-state index contributed by atoms with van der Waals surface area (Å²) in [7, 11) is 1.67. The molecule has 0 bridgehead atoms. The van der Waals surface area contributed by atoms with Crippen molar-refractivity contribution >= 4 is 17.2 Å². The van der Waals surface area contributed by atoms with E-state index >= 15 is 0 Å². The van der Waals surface area contributed by atoms with Crippen molar-refractivity contribution in [3.8, 4) is 5.75 Å². The van der Waals surface area contributed by atoms with E-state index in [0.29, 0.717) is 18.6 Å². The normalized spacial score (nSPS) is 19.8. The molecule has 0 atom stereocenters. The molecular formula is C20H26N6O. The van der Waals surface area contributed by atoms with Gasteiger partial charge in [0.2, 0.25) is 0 Å². The summed E-state index contributed by atoms with van der Waals surface area (Å²) in [4.78, 5) is 4.43. The van der Waals surface area contributed by atoms with Crippen molar-refractivity contribution < 1.29 is 4.74 Å². The Balaban J connectivity index is 1.49. The maximum absolute atomic E-state index is 6.01. The Morgan fingerprint density at radius 2 is 1.96 bits per heavy atom. The molecule has 7 nitrogen and oxygen atoms in total. The van der Waals surface area contributed by atoms with Crippen LogP contribution in [-0.4, -0.2) is 33.8 Å². The van der Waals surface area contributed by atoms with Gasteiger partial charge in [-0.05, 0) is 43.4 Å². The number of ether oxygens (including phenoxy) is 1. The Morgan fingerprint density at radius 3 is 2.70 bits per heavy atom. The molecule has 0 saturated heterocycles. The van der Waals surface area contributed by atoms with Crippen molar-refractivity contribution in [2.75, 3.05) is 17.7 Å². The third kappa shape index (κ3) is 4.14. The van der Waals surface area contributed by atoms with Crippen molar-refractivity contribution in [2.45, 2.75) is 44.3 Å². The molecule has 0 amide bonds. The molecule has 2 heterocycles. The van der Waals surface area contributed by atoms with Crippen molar-refractivity contribution in [3.63, 3.8) is 0 Å². The summed E-state index contributed by atoms with van der Waals surface area (Å²) in [6.45, 7) is 0.703. The first-order valence-corrected chi connectivity index (χ1v) is 9.44. The molecule has 4 rings (SSSR count). The van der Waals surface area contributed by atoms with Crippen LogP contribution in [0.3, 0.4) is 0 Å². The topological polar surface area (TPSA) is 89.5 Å². The highest BCUT2D eigenvalue weighted by Crippen LogP contribution is 2.24. The summed E-state index contributed by atoms with van der Waals surface area (Å²) in [5.74, 6) is 1.72. The van der Waals surface area contributed by atoms with Crippen LogP contribution in [0.4, 0.5) is 11.5 Å². The van der Waals surface area contributed by atoms with Crippen LogP contribution in [0.1, 0.15) is 31.2 Å². The summed E-state index contributed by atoms with van der Waals surface area (Å²) < 4.78 is 7.03. The highest BCUT2D eigenvalue weighted by atomic mass is 16.5. The fraction of sp³-hybridized carbons (Fsp3) is 0.400. The van der Waals surface area contributed by atoms with Gasteiger partial charge in [0.15, 0.2) is 5.65 Å².